The van der Waals surface area contributed by atoms with Crippen molar-refractivity contribution >= 4 is 17.9 Å². The third kappa shape index (κ3) is 6.58. The summed E-state index contributed by atoms with van der Waals surface area (Å²) in [6.45, 7) is 24.1. The average molecular weight is 585 g/mol. The second-order valence-electron chi connectivity index (χ2n) is 15.2. The Kier molecular flexibility index (Phi) is 10.3. The van der Waals surface area contributed by atoms with Crippen LogP contribution in [-0.2, 0) is 23.8 Å². The Bertz CT molecular complexity index is 1130. The lowest BCUT2D eigenvalue weighted by Gasteiger charge is -2.40. The van der Waals surface area contributed by atoms with Crippen LogP contribution < -0.4 is 0 Å². The molecule has 5 atom stereocenters. The fourth-order valence-corrected chi connectivity index (χ4v) is 6.77. The molecule has 3 rings (SSSR count). The number of ether oxygens (including phenoxy) is 3. The van der Waals surface area contributed by atoms with Gasteiger partial charge in [0.15, 0.2) is 0 Å². The molecule has 1 aromatic rings. The van der Waals surface area contributed by atoms with E-state index >= 15 is 0 Å². The number of carbonyl (C=O) groups excluding carboxylic acids is 3. The maximum Gasteiger partial charge on any atom is 0.338 e. The summed E-state index contributed by atoms with van der Waals surface area (Å²) < 4.78 is 18.0. The van der Waals surface area contributed by atoms with Gasteiger partial charge in [-0.2, -0.15) is 0 Å². The van der Waals surface area contributed by atoms with Crippen molar-refractivity contribution in [2.45, 2.75) is 139 Å². The Morgan fingerprint density at radius 3 is 1.76 bits per heavy atom. The van der Waals surface area contributed by atoms with Crippen LogP contribution in [0, 0.1) is 33.5 Å². The van der Waals surface area contributed by atoms with Gasteiger partial charge in [-0.1, -0.05) is 101 Å². The van der Waals surface area contributed by atoms with E-state index in [4.69, 9.17) is 14.2 Å². The first-order valence-electron chi connectivity index (χ1n) is 16.1. The van der Waals surface area contributed by atoms with Gasteiger partial charge in [0, 0.05) is 16.4 Å². The van der Waals surface area contributed by atoms with E-state index in [0.717, 1.165) is 25.7 Å². The number of hydrogen-bond donors (Lipinski definition) is 0. The molecule has 6 nitrogen and oxygen atoms in total. The van der Waals surface area contributed by atoms with Crippen molar-refractivity contribution in [2.75, 3.05) is 0 Å². The lowest BCUT2D eigenvalue weighted by molar-refractivity contribution is -0.160. The lowest BCUT2D eigenvalue weighted by atomic mass is 9.67. The van der Waals surface area contributed by atoms with E-state index in [1.165, 1.54) is 0 Å². The molecule has 2 fully saturated rings. The van der Waals surface area contributed by atoms with Crippen molar-refractivity contribution < 1.29 is 28.6 Å². The van der Waals surface area contributed by atoms with Crippen LogP contribution in [0.1, 0.15) is 143 Å². The first-order chi connectivity index (χ1) is 19.4. The Balaban J connectivity index is 1.68. The van der Waals surface area contributed by atoms with E-state index in [1.807, 2.05) is 18.2 Å². The number of benzene rings is 1. The van der Waals surface area contributed by atoms with E-state index in [9.17, 15) is 14.4 Å². The van der Waals surface area contributed by atoms with Gasteiger partial charge < -0.3 is 14.2 Å². The van der Waals surface area contributed by atoms with Crippen LogP contribution in [0.5, 0.6) is 0 Å². The van der Waals surface area contributed by atoms with Crippen molar-refractivity contribution in [3.8, 4) is 0 Å². The van der Waals surface area contributed by atoms with Gasteiger partial charge in [0.25, 0.3) is 0 Å². The largest absolute Gasteiger partial charge is 0.462 e. The monoisotopic (exact) mass is 584 g/mol. The summed E-state index contributed by atoms with van der Waals surface area (Å²) >= 11 is 0. The minimum Gasteiger partial charge on any atom is -0.462 e. The van der Waals surface area contributed by atoms with Crippen molar-refractivity contribution in [2.24, 2.45) is 33.5 Å². The van der Waals surface area contributed by atoms with Crippen LogP contribution in [-0.4, -0.2) is 30.1 Å². The Morgan fingerprint density at radius 1 is 0.762 bits per heavy atom. The summed E-state index contributed by atoms with van der Waals surface area (Å²) in [5.41, 5.74) is 0.812. The molecule has 236 valence electrons. The molecule has 42 heavy (non-hydrogen) atoms. The molecule has 0 amide bonds. The molecule has 0 saturated heterocycles. The van der Waals surface area contributed by atoms with Crippen LogP contribution in [0.4, 0.5) is 0 Å². The molecule has 0 aliphatic heterocycles. The number of rotatable bonds is 11. The summed E-state index contributed by atoms with van der Waals surface area (Å²) in [7, 11) is 0. The fourth-order valence-electron chi connectivity index (χ4n) is 6.77. The second-order valence-corrected chi connectivity index (χ2v) is 15.2. The maximum absolute atomic E-state index is 13.6. The molecule has 0 spiro atoms. The van der Waals surface area contributed by atoms with Crippen LogP contribution >= 0.6 is 0 Å². The van der Waals surface area contributed by atoms with E-state index in [0.29, 0.717) is 29.4 Å². The third-order valence-electron chi connectivity index (χ3n) is 12.2. The Morgan fingerprint density at radius 2 is 1.26 bits per heavy atom. The molecule has 0 unspecified atom stereocenters. The van der Waals surface area contributed by atoms with Crippen LogP contribution in [0.3, 0.4) is 0 Å². The number of esters is 3. The predicted molar refractivity (Wildman–Crippen MR) is 166 cm³/mol. The SMILES string of the molecule is CCCC[C@H](OC(=O)CCC(=O)O[C@@H]1C[C@H](C)C(C)(C)C1(C)C)c1ccccc1C(=O)O[C@@H]1C[C@H](C)C(C)(C)C1(C)C. The van der Waals surface area contributed by atoms with Gasteiger partial charge in [-0.05, 0) is 54.4 Å². The number of carbonyl (C=O) groups is 3. The zero-order valence-electron chi connectivity index (χ0n) is 28.1. The summed E-state index contributed by atoms with van der Waals surface area (Å²) in [5.74, 6) is -0.384. The van der Waals surface area contributed by atoms with Gasteiger partial charge in [-0.3, -0.25) is 9.59 Å². The smallest absolute Gasteiger partial charge is 0.338 e. The number of unbranched alkanes of at least 4 members (excludes halogenated alkanes) is 1. The molecule has 0 aromatic heterocycles. The van der Waals surface area contributed by atoms with Gasteiger partial charge >= 0.3 is 17.9 Å². The normalized spacial score (nSPS) is 27.7. The standard InChI is InChI=1S/C36H56O6/c1-12-13-18-27(40-30(37)19-20-31(38)41-28-21-23(2)33(4,5)35(28,8)9)25-16-14-15-17-26(25)32(39)42-29-22-24(3)34(6,7)36(29,10)11/h14-17,23-24,27-29H,12-13,18-22H2,1-11H3/t23-,24-,27-,28+,29+/m0/s1. The highest BCUT2D eigenvalue weighted by Gasteiger charge is 2.55. The first kappa shape index (κ1) is 34.1. The summed E-state index contributed by atoms with van der Waals surface area (Å²) in [6, 6.07) is 7.26. The highest BCUT2D eigenvalue weighted by atomic mass is 16.6. The molecule has 0 bridgehead atoms. The van der Waals surface area contributed by atoms with Crippen LogP contribution in [0.15, 0.2) is 24.3 Å². The molecule has 0 N–H and O–H groups in total. The Hall–Kier alpha value is -2.37. The molecule has 0 heterocycles. The van der Waals surface area contributed by atoms with Crippen molar-refractivity contribution in [3.05, 3.63) is 35.4 Å². The zero-order chi connectivity index (χ0) is 31.7. The van der Waals surface area contributed by atoms with E-state index < -0.39 is 12.1 Å². The quantitative estimate of drug-likeness (QED) is 0.191. The van der Waals surface area contributed by atoms with E-state index in [1.54, 1.807) is 6.07 Å². The highest BCUT2D eigenvalue weighted by Crippen LogP contribution is 2.57. The maximum atomic E-state index is 13.6. The third-order valence-corrected chi connectivity index (χ3v) is 12.2. The van der Waals surface area contributed by atoms with Crippen molar-refractivity contribution in [1.29, 1.82) is 0 Å². The molecule has 2 saturated carbocycles. The number of hydrogen-bond acceptors (Lipinski definition) is 6. The molecular weight excluding hydrogens is 528 g/mol. The van der Waals surface area contributed by atoms with E-state index in [2.05, 4.69) is 76.2 Å². The molecule has 2 aliphatic rings. The van der Waals surface area contributed by atoms with Crippen LogP contribution in [0.25, 0.3) is 0 Å². The van der Waals surface area contributed by atoms with Gasteiger partial charge in [-0.15, -0.1) is 0 Å². The van der Waals surface area contributed by atoms with Gasteiger partial charge in [-0.25, -0.2) is 4.79 Å². The summed E-state index contributed by atoms with van der Waals surface area (Å²) in [6.07, 6.45) is 2.88. The first-order valence-corrected chi connectivity index (χ1v) is 16.1. The van der Waals surface area contributed by atoms with Gasteiger partial charge in [0.1, 0.15) is 18.3 Å². The molecule has 0 radical (unpaired) electrons. The molecule has 1 aromatic carbocycles. The summed E-state index contributed by atoms with van der Waals surface area (Å²) in [5, 5.41) is 0. The minimum absolute atomic E-state index is 0.0276. The summed E-state index contributed by atoms with van der Waals surface area (Å²) in [4.78, 5) is 39.4. The highest BCUT2D eigenvalue weighted by molar-refractivity contribution is 5.91. The average Bonchev–Trinajstić information content (AvgIpc) is 3.16. The molecular formula is C36H56O6. The van der Waals surface area contributed by atoms with Crippen molar-refractivity contribution in [3.63, 3.8) is 0 Å². The fraction of sp³-hybridized carbons (Fsp3) is 0.750. The zero-order valence-corrected chi connectivity index (χ0v) is 28.1. The van der Waals surface area contributed by atoms with Gasteiger partial charge in [0.05, 0.1) is 18.4 Å². The lowest BCUT2D eigenvalue weighted by Crippen LogP contribution is -2.38. The predicted octanol–water partition coefficient (Wildman–Crippen LogP) is 8.86. The topological polar surface area (TPSA) is 78.9 Å². The van der Waals surface area contributed by atoms with Crippen LogP contribution in [0.2, 0.25) is 0 Å². The van der Waals surface area contributed by atoms with Gasteiger partial charge in [0.2, 0.25) is 0 Å². The molecule has 2 aliphatic carbocycles. The second kappa shape index (κ2) is 12.7. The minimum atomic E-state index is -0.598. The van der Waals surface area contributed by atoms with E-state index in [-0.39, 0.29) is 58.6 Å². The molecule has 6 heteroatoms. The Labute approximate surface area is 254 Å². The van der Waals surface area contributed by atoms with Crippen molar-refractivity contribution in [1.82, 2.24) is 0 Å².